The Hall–Kier alpha value is -0.410. The Morgan fingerprint density at radius 2 is 1.88 bits per heavy atom. The van der Waals surface area contributed by atoms with Gasteiger partial charge < -0.3 is 5.32 Å². The van der Waals surface area contributed by atoms with E-state index in [1.807, 2.05) is 0 Å². The molecule has 0 unspecified atom stereocenters. The molecule has 0 saturated carbocycles. The van der Waals surface area contributed by atoms with Gasteiger partial charge in [0.2, 0.25) is 0 Å². The van der Waals surface area contributed by atoms with Crippen LogP contribution >= 0.6 is 11.3 Å². The molecule has 1 N–H and O–H groups in total. The average molecular weight is 240 g/mol. The van der Waals surface area contributed by atoms with E-state index in [1.54, 1.807) is 11.3 Å². The predicted molar refractivity (Wildman–Crippen MR) is 72.1 cm³/mol. The molecule has 1 heterocycles. The van der Waals surface area contributed by atoms with Gasteiger partial charge in [0, 0.05) is 29.6 Å². The van der Waals surface area contributed by atoms with Crippen molar-refractivity contribution >= 4 is 11.3 Å². The summed E-state index contributed by atoms with van der Waals surface area (Å²) < 4.78 is 0. The maximum atomic E-state index is 4.53. The van der Waals surface area contributed by atoms with Gasteiger partial charge in [0.15, 0.2) is 0 Å². The van der Waals surface area contributed by atoms with Gasteiger partial charge in [-0.05, 0) is 33.1 Å². The molecule has 1 aromatic heterocycles. The van der Waals surface area contributed by atoms with Gasteiger partial charge in [-0.15, -0.1) is 11.3 Å². The van der Waals surface area contributed by atoms with Crippen LogP contribution in [0.15, 0.2) is 5.38 Å². The van der Waals surface area contributed by atoms with E-state index in [9.17, 15) is 0 Å². The van der Waals surface area contributed by atoms with Gasteiger partial charge in [0.1, 0.15) is 0 Å². The van der Waals surface area contributed by atoms with Crippen LogP contribution in [0.3, 0.4) is 0 Å². The summed E-state index contributed by atoms with van der Waals surface area (Å²) in [4.78, 5) is 4.53. The zero-order chi connectivity index (χ0) is 12.4. The highest BCUT2D eigenvalue weighted by molar-refractivity contribution is 7.09. The minimum atomic E-state index is 0.191. The minimum absolute atomic E-state index is 0.191. The Morgan fingerprint density at radius 1 is 1.25 bits per heavy atom. The lowest BCUT2D eigenvalue weighted by Gasteiger charge is -2.29. The molecule has 0 aliphatic carbocycles. The van der Waals surface area contributed by atoms with E-state index in [-0.39, 0.29) is 11.0 Å². The van der Waals surface area contributed by atoms with E-state index in [0.29, 0.717) is 0 Å². The molecule has 0 aliphatic heterocycles. The smallest absolute Gasteiger partial charge is 0.0933 e. The van der Waals surface area contributed by atoms with Crippen LogP contribution in [-0.4, -0.2) is 17.1 Å². The van der Waals surface area contributed by atoms with E-state index >= 15 is 0 Å². The fourth-order valence-electron chi connectivity index (χ4n) is 1.46. The first-order valence-electron chi connectivity index (χ1n) is 5.84. The molecule has 0 aromatic carbocycles. The molecule has 0 amide bonds. The Morgan fingerprint density at radius 3 is 2.31 bits per heavy atom. The number of nitrogens with zero attached hydrogens (tertiary/aromatic N) is 1. The molecule has 0 fully saturated rings. The Kier molecular flexibility index (Phi) is 4.13. The lowest BCUT2D eigenvalue weighted by Crippen LogP contribution is -2.42. The number of aryl methyl sites for hydroxylation is 1. The fourth-order valence-corrected chi connectivity index (χ4v) is 2.49. The molecular weight excluding hydrogens is 216 g/mol. The predicted octanol–water partition coefficient (Wildman–Crippen LogP) is 3.41. The number of hydrogen-bond acceptors (Lipinski definition) is 3. The lowest BCUT2D eigenvalue weighted by atomic mass is 9.88. The summed E-state index contributed by atoms with van der Waals surface area (Å²) >= 11 is 1.77. The van der Waals surface area contributed by atoms with E-state index < -0.39 is 0 Å². The summed E-state index contributed by atoms with van der Waals surface area (Å²) in [6.07, 6.45) is 1.05. The first-order chi connectivity index (χ1) is 7.18. The van der Waals surface area contributed by atoms with Crippen LogP contribution in [0, 0.1) is 12.3 Å². The van der Waals surface area contributed by atoms with Crippen LogP contribution in [0.1, 0.15) is 45.3 Å². The summed E-state index contributed by atoms with van der Waals surface area (Å²) in [5.41, 5.74) is 1.59. The molecule has 0 saturated heterocycles. The average Bonchev–Trinajstić information content (AvgIpc) is 2.46. The molecule has 3 heteroatoms. The summed E-state index contributed by atoms with van der Waals surface area (Å²) in [5.74, 6) is 0. The topological polar surface area (TPSA) is 24.9 Å². The standard InChI is InChI=1S/C13H24N2S/c1-10-8-16-11(15-10)7-13(5,6)9-14-12(2,3)4/h8,14H,7,9H2,1-6H3. The SMILES string of the molecule is Cc1csc(CC(C)(C)CNC(C)(C)C)n1. The number of hydrogen-bond donors (Lipinski definition) is 1. The first-order valence-corrected chi connectivity index (χ1v) is 6.72. The van der Waals surface area contributed by atoms with Crippen LogP contribution < -0.4 is 5.32 Å². The van der Waals surface area contributed by atoms with Crippen molar-refractivity contribution in [1.82, 2.24) is 10.3 Å². The van der Waals surface area contributed by atoms with Gasteiger partial charge in [0.25, 0.3) is 0 Å². The normalized spacial score (nSPS) is 13.1. The maximum absolute atomic E-state index is 4.53. The molecule has 1 rings (SSSR count). The minimum Gasteiger partial charge on any atom is -0.312 e. The second kappa shape index (κ2) is 4.84. The van der Waals surface area contributed by atoms with Gasteiger partial charge in [-0.2, -0.15) is 0 Å². The monoisotopic (exact) mass is 240 g/mol. The second-order valence-corrected chi connectivity index (χ2v) is 7.27. The largest absolute Gasteiger partial charge is 0.312 e. The quantitative estimate of drug-likeness (QED) is 0.872. The van der Waals surface area contributed by atoms with Crippen molar-refractivity contribution in [2.75, 3.05) is 6.54 Å². The van der Waals surface area contributed by atoms with Gasteiger partial charge >= 0.3 is 0 Å². The van der Waals surface area contributed by atoms with Gasteiger partial charge in [-0.3, -0.25) is 0 Å². The van der Waals surface area contributed by atoms with E-state index in [2.05, 4.69) is 57.2 Å². The van der Waals surface area contributed by atoms with E-state index in [0.717, 1.165) is 18.7 Å². The van der Waals surface area contributed by atoms with Gasteiger partial charge in [-0.25, -0.2) is 4.98 Å². The molecule has 0 radical (unpaired) electrons. The van der Waals surface area contributed by atoms with Crippen LogP contribution in [0.5, 0.6) is 0 Å². The molecule has 0 atom stereocenters. The zero-order valence-electron chi connectivity index (χ0n) is 11.3. The van der Waals surface area contributed by atoms with E-state index in [1.165, 1.54) is 5.01 Å². The van der Waals surface area contributed by atoms with Gasteiger partial charge in [-0.1, -0.05) is 13.8 Å². The number of thiazole rings is 1. The van der Waals surface area contributed by atoms with Crippen LogP contribution in [0.4, 0.5) is 0 Å². The Labute approximate surface area is 103 Å². The molecule has 0 aliphatic rings. The van der Waals surface area contributed by atoms with Gasteiger partial charge in [0.05, 0.1) is 5.01 Å². The van der Waals surface area contributed by atoms with Crippen LogP contribution in [0.25, 0.3) is 0 Å². The molecule has 0 bridgehead atoms. The van der Waals surface area contributed by atoms with E-state index in [4.69, 9.17) is 0 Å². The summed E-state index contributed by atoms with van der Waals surface area (Å²) in [7, 11) is 0. The summed E-state index contributed by atoms with van der Waals surface area (Å²) in [6, 6.07) is 0. The molecule has 0 spiro atoms. The number of rotatable bonds is 4. The molecule has 92 valence electrons. The Balaban J connectivity index is 2.51. The highest BCUT2D eigenvalue weighted by Gasteiger charge is 2.22. The Bertz CT molecular complexity index is 334. The van der Waals surface area contributed by atoms with Crippen molar-refractivity contribution in [1.29, 1.82) is 0 Å². The highest BCUT2D eigenvalue weighted by atomic mass is 32.1. The van der Waals surface area contributed by atoms with Crippen LogP contribution in [-0.2, 0) is 6.42 Å². The van der Waals surface area contributed by atoms with Crippen molar-refractivity contribution in [3.63, 3.8) is 0 Å². The fraction of sp³-hybridized carbons (Fsp3) is 0.769. The van der Waals surface area contributed by atoms with Crippen molar-refractivity contribution in [2.24, 2.45) is 5.41 Å². The first kappa shape index (κ1) is 13.7. The molecule has 16 heavy (non-hydrogen) atoms. The third kappa shape index (κ3) is 5.08. The second-order valence-electron chi connectivity index (χ2n) is 6.33. The molecule has 2 nitrogen and oxygen atoms in total. The maximum Gasteiger partial charge on any atom is 0.0933 e. The van der Waals surface area contributed by atoms with Crippen molar-refractivity contribution in [2.45, 2.75) is 53.5 Å². The number of nitrogens with one attached hydrogen (secondary N) is 1. The highest BCUT2D eigenvalue weighted by Crippen LogP contribution is 2.23. The van der Waals surface area contributed by atoms with Crippen LogP contribution in [0.2, 0.25) is 0 Å². The van der Waals surface area contributed by atoms with Crippen molar-refractivity contribution in [3.05, 3.63) is 16.1 Å². The number of aromatic nitrogens is 1. The summed E-state index contributed by atoms with van der Waals surface area (Å²) in [5, 5.41) is 6.94. The lowest BCUT2D eigenvalue weighted by molar-refractivity contribution is 0.288. The molecule has 1 aromatic rings. The molecular formula is C13H24N2S. The third-order valence-corrected chi connectivity index (χ3v) is 3.36. The van der Waals surface area contributed by atoms with Crippen molar-refractivity contribution < 1.29 is 0 Å². The van der Waals surface area contributed by atoms with Crippen molar-refractivity contribution in [3.8, 4) is 0 Å². The summed E-state index contributed by atoms with van der Waals surface area (Å²) in [6.45, 7) is 14.3. The third-order valence-electron chi connectivity index (χ3n) is 2.39. The zero-order valence-corrected chi connectivity index (χ0v) is 12.2.